The van der Waals surface area contributed by atoms with Gasteiger partial charge in [-0.05, 0) is 70.2 Å². The zero-order chi connectivity index (χ0) is 29.0. The van der Waals surface area contributed by atoms with Crippen LogP contribution in [-0.2, 0) is 10.8 Å². The van der Waals surface area contributed by atoms with Gasteiger partial charge in [0.15, 0.2) is 0 Å². The lowest BCUT2D eigenvalue weighted by molar-refractivity contribution is 0.195. The summed E-state index contributed by atoms with van der Waals surface area (Å²) in [6.45, 7) is 12.6. The number of rotatable bonds is 0. The molecule has 5 aromatic carbocycles. The number of nitrogens with zero attached hydrogens (tertiary/aromatic N) is 2. The average molecular weight is 557 g/mol. The number of hydrogen-bond donors (Lipinski definition) is 0. The molecule has 0 amide bonds. The fourth-order valence-corrected chi connectivity index (χ4v) is 9.92. The number of benzene rings is 5. The molecule has 0 spiro atoms. The molecule has 1 saturated carbocycles. The topological polar surface area (TPSA) is 8.17 Å². The molecule has 0 N–H and O–H groups in total. The van der Waals surface area contributed by atoms with Crippen LogP contribution in [-0.4, -0.2) is 16.8 Å². The van der Waals surface area contributed by atoms with Crippen LogP contribution in [0.3, 0.4) is 0 Å². The third kappa shape index (κ3) is 2.67. The van der Waals surface area contributed by atoms with Gasteiger partial charge in [0.25, 0.3) is 6.71 Å². The number of aromatic nitrogens is 1. The van der Waals surface area contributed by atoms with E-state index < -0.39 is 0 Å². The molecular formula is C40H37BN2. The Morgan fingerprint density at radius 3 is 2.30 bits per heavy atom. The number of fused-ring (bicyclic) bond motifs is 12. The van der Waals surface area contributed by atoms with Crippen molar-refractivity contribution >= 4 is 67.1 Å². The summed E-state index contributed by atoms with van der Waals surface area (Å²) >= 11 is 0. The molecule has 1 aliphatic carbocycles. The molecule has 1 aromatic heterocycles. The molecule has 10 rings (SSSR count). The van der Waals surface area contributed by atoms with Gasteiger partial charge in [-0.1, -0.05) is 113 Å². The Kier molecular flexibility index (Phi) is 4.30. The summed E-state index contributed by atoms with van der Waals surface area (Å²) in [6, 6.07) is 33.1. The zero-order valence-electron chi connectivity index (χ0n) is 25.9. The second-order valence-electron chi connectivity index (χ2n) is 15.3. The van der Waals surface area contributed by atoms with Gasteiger partial charge in [0.05, 0.1) is 11.1 Å². The highest BCUT2D eigenvalue weighted by Crippen LogP contribution is 2.61. The molecule has 3 aliphatic heterocycles. The summed E-state index contributed by atoms with van der Waals surface area (Å²) in [7, 11) is 0. The van der Waals surface area contributed by atoms with E-state index in [2.05, 4.69) is 129 Å². The molecule has 1 fully saturated rings. The van der Waals surface area contributed by atoms with Crippen molar-refractivity contribution in [3.63, 3.8) is 0 Å². The first-order valence-corrected chi connectivity index (χ1v) is 16.3. The highest BCUT2D eigenvalue weighted by Gasteiger charge is 2.61. The lowest BCUT2D eigenvalue weighted by atomic mass is 9.33. The maximum absolute atomic E-state index is 2.84. The first-order valence-electron chi connectivity index (χ1n) is 16.3. The smallest absolute Gasteiger partial charge is 0.252 e. The van der Waals surface area contributed by atoms with E-state index in [-0.39, 0.29) is 23.1 Å². The van der Waals surface area contributed by atoms with E-state index in [0.717, 1.165) is 0 Å². The van der Waals surface area contributed by atoms with E-state index in [0.29, 0.717) is 0 Å². The highest BCUT2D eigenvalue weighted by atomic mass is 15.3. The molecule has 2 nitrogen and oxygen atoms in total. The Hall–Kier alpha value is -3.98. The molecule has 6 aromatic rings. The Morgan fingerprint density at radius 2 is 1.44 bits per heavy atom. The second-order valence-corrected chi connectivity index (χ2v) is 15.3. The van der Waals surface area contributed by atoms with Crippen LogP contribution in [0.25, 0.3) is 38.3 Å². The average Bonchev–Trinajstić information content (AvgIpc) is 3.45. The van der Waals surface area contributed by atoms with Crippen molar-refractivity contribution in [3.8, 4) is 5.69 Å². The largest absolute Gasteiger partial charge is 0.335 e. The quantitative estimate of drug-likeness (QED) is 0.171. The van der Waals surface area contributed by atoms with E-state index >= 15 is 0 Å². The summed E-state index contributed by atoms with van der Waals surface area (Å²) in [5.41, 5.74) is 14.8. The van der Waals surface area contributed by atoms with E-state index in [1.807, 2.05) is 0 Å². The van der Waals surface area contributed by atoms with Crippen molar-refractivity contribution in [2.75, 3.05) is 4.90 Å². The molecular weight excluding hydrogens is 519 g/mol. The summed E-state index contributed by atoms with van der Waals surface area (Å²) in [6.07, 6.45) is 5.10. The fourth-order valence-electron chi connectivity index (χ4n) is 9.92. The summed E-state index contributed by atoms with van der Waals surface area (Å²) < 4.78 is 2.63. The van der Waals surface area contributed by atoms with Crippen LogP contribution in [0, 0.1) is 0 Å². The maximum Gasteiger partial charge on any atom is 0.252 e. The van der Waals surface area contributed by atoms with Crippen LogP contribution < -0.4 is 21.3 Å². The van der Waals surface area contributed by atoms with Crippen molar-refractivity contribution in [3.05, 3.63) is 96.1 Å². The van der Waals surface area contributed by atoms with Crippen molar-refractivity contribution in [2.24, 2.45) is 0 Å². The standard InChI is InChI=1S/C40H37BN2/c1-38(2,3)25-22-29-37-31(23-25)41-30-15-10-14-27-28-19-18-24-12-6-7-13-26(24)35(28)42(36(27)30)32-16-11-17-33(34(32)41)43(37)40(5)21-9-8-20-39(29,40)4/h6-7,10-19,22-23H,8-9,20-21H2,1-5H3. The van der Waals surface area contributed by atoms with Gasteiger partial charge in [0, 0.05) is 44.2 Å². The molecule has 0 saturated heterocycles. The van der Waals surface area contributed by atoms with Crippen LogP contribution in [0.2, 0.25) is 0 Å². The third-order valence-electron chi connectivity index (χ3n) is 12.3. The van der Waals surface area contributed by atoms with Gasteiger partial charge in [-0.15, -0.1) is 0 Å². The SMILES string of the molecule is CC(C)(C)c1cc2c3c(c1)C1(C)CCCCC1(C)N3c1cccc3c1B2c1cccc2c4ccc5ccccc5c4n-3c12. The molecule has 2 atom stereocenters. The van der Waals surface area contributed by atoms with E-state index in [1.54, 1.807) is 5.56 Å². The lowest BCUT2D eigenvalue weighted by Gasteiger charge is -2.52. The van der Waals surface area contributed by atoms with Crippen LogP contribution in [0.5, 0.6) is 0 Å². The predicted molar refractivity (Wildman–Crippen MR) is 184 cm³/mol. The van der Waals surface area contributed by atoms with Gasteiger partial charge in [0.2, 0.25) is 0 Å². The molecule has 3 heteroatoms. The molecule has 2 unspecified atom stereocenters. The minimum Gasteiger partial charge on any atom is -0.335 e. The monoisotopic (exact) mass is 556 g/mol. The van der Waals surface area contributed by atoms with Crippen LogP contribution in [0.1, 0.15) is 71.4 Å². The molecule has 0 radical (unpaired) electrons. The van der Waals surface area contributed by atoms with Crippen molar-refractivity contribution in [1.29, 1.82) is 0 Å². The molecule has 4 heterocycles. The second kappa shape index (κ2) is 7.56. The van der Waals surface area contributed by atoms with Gasteiger partial charge in [-0.2, -0.15) is 0 Å². The summed E-state index contributed by atoms with van der Waals surface area (Å²) in [5.74, 6) is 0. The Labute approximate surface area is 254 Å². The molecule has 210 valence electrons. The molecule has 0 bridgehead atoms. The molecule has 43 heavy (non-hydrogen) atoms. The van der Waals surface area contributed by atoms with Crippen LogP contribution in [0.4, 0.5) is 11.4 Å². The minimum atomic E-state index is 0.0523. The van der Waals surface area contributed by atoms with Crippen molar-refractivity contribution < 1.29 is 0 Å². The Morgan fingerprint density at radius 1 is 0.698 bits per heavy atom. The summed E-state index contributed by atoms with van der Waals surface area (Å²) in [5, 5.41) is 5.36. The third-order valence-corrected chi connectivity index (χ3v) is 12.3. The first-order chi connectivity index (χ1) is 20.7. The Balaban J connectivity index is 1.42. The fraction of sp³-hybridized carbons (Fsp3) is 0.300. The van der Waals surface area contributed by atoms with E-state index in [9.17, 15) is 0 Å². The number of para-hydroxylation sites is 1. The first kappa shape index (κ1) is 24.5. The van der Waals surface area contributed by atoms with Gasteiger partial charge >= 0.3 is 0 Å². The maximum atomic E-state index is 2.84. The van der Waals surface area contributed by atoms with Crippen LogP contribution >= 0.6 is 0 Å². The summed E-state index contributed by atoms with van der Waals surface area (Å²) in [4.78, 5) is 2.84. The zero-order valence-corrected chi connectivity index (χ0v) is 25.9. The van der Waals surface area contributed by atoms with Gasteiger partial charge < -0.3 is 9.47 Å². The van der Waals surface area contributed by atoms with Gasteiger partial charge in [-0.3, -0.25) is 0 Å². The van der Waals surface area contributed by atoms with Gasteiger partial charge in [0.1, 0.15) is 0 Å². The van der Waals surface area contributed by atoms with E-state index in [1.165, 1.54) is 97.3 Å². The normalized spacial score (nSPS) is 23.2. The van der Waals surface area contributed by atoms with Gasteiger partial charge in [-0.25, -0.2) is 0 Å². The lowest BCUT2D eigenvalue weighted by Crippen LogP contribution is -2.64. The minimum absolute atomic E-state index is 0.0523. The van der Waals surface area contributed by atoms with Crippen molar-refractivity contribution in [1.82, 2.24) is 4.57 Å². The molecule has 4 aliphatic rings. The highest BCUT2D eigenvalue weighted by molar-refractivity contribution is 7.00. The van der Waals surface area contributed by atoms with E-state index in [4.69, 9.17) is 0 Å². The number of anilines is 2. The van der Waals surface area contributed by atoms with Crippen molar-refractivity contribution in [2.45, 2.75) is 76.7 Å². The Bertz CT molecular complexity index is 2230. The van der Waals surface area contributed by atoms with Crippen LogP contribution in [0.15, 0.2) is 84.9 Å². The number of hydrogen-bond acceptors (Lipinski definition) is 1. The predicted octanol–water partition coefficient (Wildman–Crippen LogP) is 8.12.